The van der Waals surface area contributed by atoms with E-state index in [9.17, 15) is 19.2 Å². The predicted molar refractivity (Wildman–Crippen MR) is 197 cm³/mol. The fourth-order valence-corrected chi connectivity index (χ4v) is 8.04. The van der Waals surface area contributed by atoms with Crippen molar-refractivity contribution in [3.05, 3.63) is 117 Å². The summed E-state index contributed by atoms with van der Waals surface area (Å²) in [4.78, 5) is 52.5. The van der Waals surface area contributed by atoms with Crippen LogP contribution >= 0.6 is 11.6 Å². The zero-order chi connectivity index (χ0) is 38.1. The second-order valence-electron chi connectivity index (χ2n) is 13.8. The van der Waals surface area contributed by atoms with E-state index in [2.05, 4.69) is 10.6 Å². The second kappa shape index (κ2) is 15.2. The van der Waals surface area contributed by atoms with Crippen LogP contribution in [0.15, 0.2) is 66.7 Å². The Morgan fingerprint density at radius 3 is 2.57 bits per heavy atom. The van der Waals surface area contributed by atoms with Crippen LogP contribution in [-0.2, 0) is 34.6 Å². The van der Waals surface area contributed by atoms with Gasteiger partial charge in [-0.3, -0.25) is 24.5 Å². The Balaban J connectivity index is 1.04. The van der Waals surface area contributed by atoms with E-state index in [0.717, 1.165) is 35.6 Å². The highest BCUT2D eigenvalue weighted by Crippen LogP contribution is 2.50. The van der Waals surface area contributed by atoms with Crippen molar-refractivity contribution in [3.8, 4) is 22.6 Å². The van der Waals surface area contributed by atoms with E-state index in [4.69, 9.17) is 26.8 Å². The summed E-state index contributed by atoms with van der Waals surface area (Å²) in [6, 6.07) is 18.1. The van der Waals surface area contributed by atoms with Crippen molar-refractivity contribution >= 4 is 35.2 Å². The minimum Gasteiger partial charge on any atom is -0.494 e. The Hall–Kier alpha value is -5.33. The van der Waals surface area contributed by atoms with Crippen LogP contribution in [0, 0.1) is 11.6 Å². The Morgan fingerprint density at radius 2 is 1.83 bits per heavy atom. The minimum absolute atomic E-state index is 0.00418. The van der Waals surface area contributed by atoms with Crippen molar-refractivity contribution in [2.24, 2.45) is 5.73 Å². The van der Waals surface area contributed by atoms with Gasteiger partial charge in [0.1, 0.15) is 17.6 Å². The van der Waals surface area contributed by atoms with Gasteiger partial charge in [-0.15, -0.1) is 0 Å². The number of fused-ring (bicyclic) bond motifs is 2. The number of rotatable bonds is 12. The topological polar surface area (TPSA) is 140 Å². The quantitative estimate of drug-likeness (QED) is 0.119. The van der Waals surface area contributed by atoms with Crippen LogP contribution in [0.5, 0.6) is 11.5 Å². The first kappa shape index (κ1) is 37.0. The highest BCUT2D eigenvalue weighted by molar-refractivity contribution is 6.34. The van der Waals surface area contributed by atoms with Crippen LogP contribution < -0.4 is 25.8 Å². The van der Waals surface area contributed by atoms with Gasteiger partial charge in [0.05, 0.1) is 17.7 Å². The van der Waals surface area contributed by atoms with Gasteiger partial charge in [0.25, 0.3) is 11.8 Å². The fourth-order valence-electron chi connectivity index (χ4n) is 7.78. The number of nitrogens with one attached hydrogen (secondary N) is 2. The average Bonchev–Trinajstić information content (AvgIpc) is 3.72. The highest BCUT2D eigenvalue weighted by atomic mass is 35.5. The van der Waals surface area contributed by atoms with Crippen molar-refractivity contribution in [1.82, 2.24) is 15.5 Å². The summed E-state index contributed by atoms with van der Waals surface area (Å²) >= 11 is 6.60. The number of piperidine rings is 1. The molecule has 54 heavy (non-hydrogen) atoms. The van der Waals surface area contributed by atoms with E-state index in [1.807, 2.05) is 42.5 Å². The molecule has 1 saturated heterocycles. The summed E-state index contributed by atoms with van der Waals surface area (Å²) in [7, 11) is 1.30. The number of halogens is 3. The number of methoxy groups -OCH3 is 1. The zero-order valence-electron chi connectivity index (χ0n) is 29.6. The molecule has 280 valence electrons. The van der Waals surface area contributed by atoms with Crippen LogP contribution in [0.3, 0.4) is 0 Å². The van der Waals surface area contributed by atoms with Crippen molar-refractivity contribution in [2.45, 2.75) is 63.1 Å². The number of imide groups is 1. The number of carbonyl (C=O) groups excluding carboxylic acids is 4. The van der Waals surface area contributed by atoms with Gasteiger partial charge in [-0.2, -0.15) is 0 Å². The van der Waals surface area contributed by atoms with Gasteiger partial charge in [0.2, 0.25) is 11.8 Å². The third kappa shape index (κ3) is 6.68. The molecular formula is C41H39ClF2N4O6. The summed E-state index contributed by atoms with van der Waals surface area (Å²) in [6.45, 7) is 0.629. The molecule has 4 aromatic carbocycles. The summed E-state index contributed by atoms with van der Waals surface area (Å²) in [5, 5.41) is 4.85. The lowest BCUT2D eigenvalue weighted by atomic mass is 9.85. The van der Waals surface area contributed by atoms with Gasteiger partial charge in [-0.05, 0) is 60.6 Å². The third-order valence-electron chi connectivity index (χ3n) is 10.6. The first-order valence-corrected chi connectivity index (χ1v) is 18.3. The van der Waals surface area contributed by atoms with Crippen molar-refractivity contribution in [2.75, 3.05) is 20.2 Å². The van der Waals surface area contributed by atoms with E-state index < -0.39 is 35.1 Å². The molecule has 2 atom stereocenters. The van der Waals surface area contributed by atoms with E-state index in [1.54, 1.807) is 6.07 Å². The molecule has 3 aliphatic heterocycles. The molecule has 10 nitrogen and oxygen atoms in total. The molecule has 3 aliphatic rings. The van der Waals surface area contributed by atoms with E-state index in [0.29, 0.717) is 36.9 Å². The second-order valence-corrected chi connectivity index (χ2v) is 14.2. The molecule has 4 amide bonds. The first-order valence-electron chi connectivity index (χ1n) is 17.9. The molecule has 0 saturated carbocycles. The van der Waals surface area contributed by atoms with Gasteiger partial charge < -0.3 is 25.4 Å². The molecule has 0 aliphatic carbocycles. The summed E-state index contributed by atoms with van der Waals surface area (Å²) in [5.74, 6) is -3.25. The lowest BCUT2D eigenvalue weighted by molar-refractivity contribution is -0.136. The maximum atomic E-state index is 16.3. The van der Waals surface area contributed by atoms with Gasteiger partial charge in [-0.1, -0.05) is 60.5 Å². The summed E-state index contributed by atoms with van der Waals surface area (Å²) in [5.41, 5.74) is 8.59. The molecule has 0 unspecified atom stereocenters. The van der Waals surface area contributed by atoms with Gasteiger partial charge >= 0.3 is 0 Å². The average molecular weight is 757 g/mol. The summed E-state index contributed by atoms with van der Waals surface area (Å²) in [6.07, 6.45) is 3.43. The zero-order valence-corrected chi connectivity index (χ0v) is 30.4. The molecular weight excluding hydrogens is 718 g/mol. The van der Waals surface area contributed by atoms with E-state index in [1.165, 1.54) is 24.1 Å². The number of carbonyl (C=O) groups is 4. The lowest BCUT2D eigenvalue weighted by Gasteiger charge is -2.29. The summed E-state index contributed by atoms with van der Waals surface area (Å²) < 4.78 is 43.3. The molecule has 7 rings (SSSR count). The Bertz CT molecular complexity index is 2170. The van der Waals surface area contributed by atoms with E-state index in [-0.39, 0.29) is 71.0 Å². The van der Waals surface area contributed by atoms with Gasteiger partial charge in [0.15, 0.2) is 17.2 Å². The maximum Gasteiger partial charge on any atom is 0.255 e. The number of unbranched alkanes of at least 4 members (excludes halogenated alkanes) is 2. The highest BCUT2D eigenvalue weighted by Gasteiger charge is 2.44. The van der Waals surface area contributed by atoms with Crippen molar-refractivity contribution < 1.29 is 37.4 Å². The minimum atomic E-state index is -1.06. The van der Waals surface area contributed by atoms with Gasteiger partial charge in [0, 0.05) is 60.8 Å². The largest absolute Gasteiger partial charge is 0.494 e. The maximum absolute atomic E-state index is 16.3. The molecule has 4 aromatic rings. The first-order chi connectivity index (χ1) is 26.1. The number of hydrogen-bond acceptors (Lipinski definition) is 7. The third-order valence-corrected chi connectivity index (χ3v) is 11.0. The monoisotopic (exact) mass is 756 g/mol. The molecule has 0 bridgehead atoms. The van der Waals surface area contributed by atoms with Crippen LogP contribution in [0.1, 0.15) is 75.1 Å². The Labute approximate surface area is 315 Å². The van der Waals surface area contributed by atoms with Crippen LogP contribution in [-0.4, -0.2) is 54.8 Å². The lowest BCUT2D eigenvalue weighted by Crippen LogP contribution is -2.52. The molecule has 0 spiro atoms. The number of hydrogen-bond donors (Lipinski definition) is 3. The van der Waals surface area contributed by atoms with Crippen molar-refractivity contribution in [3.63, 3.8) is 0 Å². The number of nitrogens with two attached hydrogens (primary N) is 1. The number of ether oxygens (including phenoxy) is 2. The Morgan fingerprint density at radius 1 is 1.04 bits per heavy atom. The smallest absolute Gasteiger partial charge is 0.255 e. The predicted octanol–water partition coefficient (Wildman–Crippen LogP) is 5.99. The van der Waals surface area contributed by atoms with E-state index >= 15 is 8.78 Å². The standard InChI is InChI=1S/C41H39ClF2N4O6/c1-53-31-16-14-26(35(37(31)44)34-27-20-41(22-45,24-11-5-2-6-12-24)54-32(27)19-29(43)36(34)42)38(50)46-18-7-3-4-9-23-10-8-13-25-28(23)21-48(40(25)52)30-15-17-33(49)47-39(30)51/h2,5-6,8,10-14,16,19,30H,3-4,7,9,15,17-18,20-22,45H2,1H3,(H,46,50)(H,47,49,51)/t30-,41+/m0/s1. The van der Waals surface area contributed by atoms with Crippen LogP contribution in [0.2, 0.25) is 5.02 Å². The molecule has 0 radical (unpaired) electrons. The van der Waals surface area contributed by atoms with Crippen molar-refractivity contribution in [1.29, 1.82) is 0 Å². The van der Waals surface area contributed by atoms with Crippen LogP contribution in [0.25, 0.3) is 11.1 Å². The number of nitrogens with zero attached hydrogens (tertiary/aromatic N) is 1. The molecule has 3 heterocycles. The normalized spacial score (nSPS) is 18.9. The SMILES string of the molecule is COc1ccc(C(=O)NCCCCCc2cccc3c2CN([C@H]2CCC(=O)NC2=O)C3=O)c(-c2c(Cl)c(F)cc3c2C[C@@](CN)(c2ccccc2)O3)c1F. The molecule has 0 aromatic heterocycles. The number of benzene rings is 4. The molecule has 1 fully saturated rings. The van der Waals surface area contributed by atoms with Crippen LogP contribution in [0.4, 0.5) is 8.78 Å². The molecule has 4 N–H and O–H groups in total. The Kier molecular flexibility index (Phi) is 10.4. The van der Waals surface area contributed by atoms with Gasteiger partial charge in [-0.25, -0.2) is 8.78 Å². The molecule has 13 heteroatoms. The fraction of sp³-hybridized carbons (Fsp3) is 0.317. The number of amides is 4. The number of aryl methyl sites for hydroxylation is 1.